The van der Waals surface area contributed by atoms with Crippen LogP contribution in [-0.4, -0.2) is 27.5 Å². The lowest BCUT2D eigenvalue weighted by molar-refractivity contribution is -0.609. The first-order valence-corrected chi connectivity index (χ1v) is 12.2. The number of carboxylic acids is 1. The number of nitrogens with zero attached hydrogens (tertiary/aromatic N) is 1. The second-order valence-corrected chi connectivity index (χ2v) is 11.5. The van der Waals surface area contributed by atoms with Crippen molar-refractivity contribution in [2.24, 2.45) is 40.9 Å². The maximum Gasteiger partial charge on any atom is 0.310 e. The topological polar surface area (TPSA) is 79.3 Å². The molecule has 9 rings (SSSR count). The van der Waals surface area contributed by atoms with Gasteiger partial charge in [-0.3, -0.25) is 9.59 Å². The Balaban J connectivity index is 1.22. The maximum absolute atomic E-state index is 13.8. The molecule has 2 N–H and O–H groups in total. The lowest BCUT2D eigenvalue weighted by Crippen LogP contribution is -3.16. The first-order chi connectivity index (χ1) is 15.4. The van der Waals surface area contributed by atoms with Gasteiger partial charge in [-0.1, -0.05) is 30.3 Å². The number of carbonyl (C=O) groups excluding carboxylic acids is 1. The third-order valence-corrected chi connectivity index (χ3v) is 10.5. The van der Waals surface area contributed by atoms with E-state index in [0.29, 0.717) is 41.1 Å². The Kier molecular flexibility index (Phi) is 2.92. The molecule has 0 unspecified atom stereocenters. The maximum atomic E-state index is 13.8. The number of carbonyl (C=O) groups is 2. The summed E-state index contributed by atoms with van der Waals surface area (Å²) in [6, 6.07) is 16.1. The predicted octanol–water partition coefficient (Wildman–Crippen LogP) is 4.12. The predicted molar refractivity (Wildman–Crippen MR) is 126 cm³/mol. The smallest absolute Gasteiger partial charge is 0.310 e. The van der Waals surface area contributed by atoms with Crippen LogP contribution in [0.25, 0.3) is 22.2 Å². The van der Waals surface area contributed by atoms with Crippen LogP contribution in [0.1, 0.15) is 15.9 Å². The number of aliphatic carboxylic acids is 1. The molecule has 6 saturated carbocycles. The molecule has 0 saturated heterocycles. The summed E-state index contributed by atoms with van der Waals surface area (Å²) in [5.74, 6) is 1.41. The summed E-state index contributed by atoms with van der Waals surface area (Å²) in [7, 11) is 0. The fourth-order valence-corrected chi connectivity index (χ4v) is 9.46. The van der Waals surface area contributed by atoms with Gasteiger partial charge < -0.3 is 10.4 Å². The highest BCUT2D eigenvalue weighted by Crippen LogP contribution is 3.06. The van der Waals surface area contributed by atoms with Gasteiger partial charge in [-0.25, -0.2) is 4.98 Å². The minimum absolute atomic E-state index is 0.0332. The number of fused-ring (bicyclic) bond motifs is 1. The van der Waals surface area contributed by atoms with Crippen LogP contribution in [0.15, 0.2) is 48.5 Å². The van der Waals surface area contributed by atoms with Gasteiger partial charge in [0.15, 0.2) is 0 Å². The highest BCUT2D eigenvalue weighted by Gasteiger charge is 3.12. The lowest BCUT2D eigenvalue weighted by Gasteiger charge is -3.09. The van der Waals surface area contributed by atoms with E-state index in [4.69, 9.17) is 4.98 Å². The molecule has 6 heteroatoms. The summed E-state index contributed by atoms with van der Waals surface area (Å²) >= 11 is 2.28. The van der Waals surface area contributed by atoms with Gasteiger partial charge in [0.2, 0.25) is 0 Å². The van der Waals surface area contributed by atoms with E-state index in [9.17, 15) is 14.7 Å². The van der Waals surface area contributed by atoms with Crippen molar-refractivity contribution in [1.29, 1.82) is 0 Å². The van der Waals surface area contributed by atoms with Crippen LogP contribution < -0.4 is 5.32 Å². The highest BCUT2D eigenvalue weighted by atomic mass is 127. The normalized spacial score (nSPS) is 40.2. The third kappa shape index (κ3) is 1.50. The van der Waals surface area contributed by atoms with E-state index in [1.54, 1.807) is 0 Å². The molecule has 3 aromatic rings. The molecule has 0 aliphatic heterocycles. The fraction of sp³-hybridized carbons (Fsp3) is 0.346. The molecular formula is C26H19IN2O3. The van der Waals surface area contributed by atoms with Gasteiger partial charge >= 0.3 is 5.97 Å². The van der Waals surface area contributed by atoms with Crippen molar-refractivity contribution in [3.8, 4) is 11.3 Å². The summed E-state index contributed by atoms with van der Waals surface area (Å²) in [5, 5.41) is 14.1. The Labute approximate surface area is 197 Å². The number of carboxylic acid groups (broad SMARTS) is 1. The van der Waals surface area contributed by atoms with E-state index in [-0.39, 0.29) is 11.4 Å². The van der Waals surface area contributed by atoms with E-state index in [0.717, 1.165) is 31.3 Å². The number of pyridine rings is 1. The average molecular weight is 534 g/mol. The molecule has 1 amide bonds. The van der Waals surface area contributed by atoms with Crippen LogP contribution in [-0.2, 0) is 4.79 Å². The summed E-state index contributed by atoms with van der Waals surface area (Å²) < 4.78 is 1.07. The van der Waals surface area contributed by atoms with Gasteiger partial charge in [0.1, 0.15) is 0 Å². The van der Waals surface area contributed by atoms with Crippen LogP contribution >= 0.6 is 22.6 Å². The molecule has 1 heterocycles. The van der Waals surface area contributed by atoms with Crippen LogP contribution in [0.4, 0.5) is 0 Å². The number of rotatable bonds is 4. The zero-order chi connectivity index (χ0) is 21.7. The molecule has 0 bridgehead atoms. The van der Waals surface area contributed by atoms with Crippen LogP contribution in [0.3, 0.4) is 0 Å². The van der Waals surface area contributed by atoms with Crippen molar-refractivity contribution >= 4 is 45.4 Å². The molecule has 6 aliphatic rings. The van der Waals surface area contributed by atoms with E-state index in [1.165, 1.54) is 0 Å². The molecule has 6 aliphatic carbocycles. The number of hydrogen-bond donors (Lipinski definition) is 2. The van der Waals surface area contributed by atoms with E-state index in [1.807, 2.05) is 55.5 Å². The zero-order valence-electron chi connectivity index (χ0n) is 17.2. The Hall–Kier alpha value is -2.48. The molecule has 0 atom stereocenters. The molecule has 6 fully saturated rings. The second kappa shape index (κ2) is 5.19. The lowest BCUT2D eigenvalue weighted by atomic mass is 8.94. The molecule has 0 spiro atoms. The molecule has 158 valence electrons. The molecule has 0 radical (unpaired) electrons. The Bertz CT molecular complexity index is 1380. The minimum atomic E-state index is -0.598. The van der Waals surface area contributed by atoms with Gasteiger partial charge in [-0.15, -0.1) is 0 Å². The van der Waals surface area contributed by atoms with Crippen molar-refractivity contribution in [3.63, 3.8) is 0 Å². The molecule has 2 aromatic carbocycles. The molecule has 32 heavy (non-hydrogen) atoms. The summed E-state index contributed by atoms with van der Waals surface area (Å²) in [6.45, 7) is 1.99. The summed E-state index contributed by atoms with van der Waals surface area (Å²) in [4.78, 5) is 30.6. The summed E-state index contributed by atoms with van der Waals surface area (Å²) in [5.41, 5.74) is 3.70. The highest BCUT2D eigenvalue weighted by molar-refractivity contribution is 14.1. The van der Waals surface area contributed by atoms with Crippen LogP contribution in [0.2, 0.25) is 0 Å². The Morgan fingerprint density at radius 3 is 2.28 bits per heavy atom. The van der Waals surface area contributed by atoms with E-state index in [2.05, 4.69) is 27.9 Å². The number of benzene rings is 2. The van der Waals surface area contributed by atoms with Gasteiger partial charge in [-0.2, -0.15) is 0 Å². The Morgan fingerprint density at radius 1 is 1.00 bits per heavy atom. The van der Waals surface area contributed by atoms with Crippen molar-refractivity contribution in [2.45, 2.75) is 12.5 Å². The first kappa shape index (κ1) is 18.0. The average Bonchev–Trinajstić information content (AvgIpc) is 2.79. The fourth-order valence-electron chi connectivity index (χ4n) is 8.96. The van der Waals surface area contributed by atoms with Crippen LogP contribution in [0, 0.1) is 51.4 Å². The number of nitrogens with one attached hydrogen (secondary N) is 1. The van der Waals surface area contributed by atoms with Crippen molar-refractivity contribution in [2.75, 3.05) is 0 Å². The van der Waals surface area contributed by atoms with E-state index >= 15 is 0 Å². The number of halogens is 1. The first-order valence-electron chi connectivity index (χ1n) is 11.1. The van der Waals surface area contributed by atoms with Gasteiger partial charge in [0, 0.05) is 14.5 Å². The quantitative estimate of drug-likeness (QED) is 0.494. The SMILES string of the molecule is Cc1c(-c2ccccc2)nc2ccc(I)cc2c1C(=O)NC12C3C4C1C1C2C3C41C(=O)O. The monoisotopic (exact) mass is 534 g/mol. The van der Waals surface area contributed by atoms with Gasteiger partial charge in [0.25, 0.3) is 5.91 Å². The molecule has 1 aromatic heterocycles. The van der Waals surface area contributed by atoms with Gasteiger partial charge in [0.05, 0.1) is 27.7 Å². The van der Waals surface area contributed by atoms with Crippen LogP contribution in [0.5, 0.6) is 0 Å². The van der Waals surface area contributed by atoms with Crippen molar-refractivity contribution in [1.82, 2.24) is 10.3 Å². The third-order valence-electron chi connectivity index (χ3n) is 9.80. The van der Waals surface area contributed by atoms with E-state index < -0.39 is 11.4 Å². The zero-order valence-corrected chi connectivity index (χ0v) is 19.3. The minimum Gasteiger partial charge on any atom is -0.481 e. The van der Waals surface area contributed by atoms with Gasteiger partial charge in [-0.05, 0) is 88.8 Å². The standard InChI is InChI=1S/C26H19IN2O3/c1-10-15(13-9-12(27)7-8-14(13)28-22(10)11-5-3-2-4-6-11)23(30)29-26-19-16-20(26)18-21(26)17(19)25(16,18)24(31)32/h2-9,16-21H,1H3,(H,29,30)(H,31,32). The Morgan fingerprint density at radius 2 is 1.66 bits per heavy atom. The summed E-state index contributed by atoms with van der Waals surface area (Å²) in [6.07, 6.45) is 0. The second-order valence-electron chi connectivity index (χ2n) is 10.3. The molecular weight excluding hydrogens is 515 g/mol. The number of hydrogen-bond acceptors (Lipinski definition) is 3. The molecule has 5 nitrogen and oxygen atoms in total. The number of amides is 1. The van der Waals surface area contributed by atoms with Crippen molar-refractivity contribution in [3.05, 3.63) is 63.2 Å². The number of aromatic nitrogens is 1. The van der Waals surface area contributed by atoms with Crippen molar-refractivity contribution < 1.29 is 14.7 Å². The largest absolute Gasteiger partial charge is 0.481 e.